The number of alkyl carbamates (subject to hydrolysis) is 1. The van der Waals surface area contributed by atoms with Gasteiger partial charge in [0.15, 0.2) is 0 Å². The summed E-state index contributed by atoms with van der Waals surface area (Å²) in [6.07, 6.45) is 0.744. The minimum Gasteiger partial charge on any atom is -0.468 e. The molecule has 6 nitrogen and oxygen atoms in total. The molecule has 1 saturated heterocycles. The topological polar surface area (TPSA) is 67.9 Å². The lowest BCUT2D eigenvalue weighted by Crippen LogP contribution is -2.51. The molecule has 0 aliphatic carbocycles. The van der Waals surface area contributed by atoms with E-state index in [1.165, 1.54) is 13.2 Å². The summed E-state index contributed by atoms with van der Waals surface area (Å²) in [4.78, 5) is 26.0. The molecule has 2 rings (SSSR count). The van der Waals surface area contributed by atoms with Gasteiger partial charge in [0.1, 0.15) is 23.3 Å². The summed E-state index contributed by atoms with van der Waals surface area (Å²) in [5, 5.41) is 2.76. The number of nitrogens with zero attached hydrogens (tertiary/aromatic N) is 1. The third-order valence-corrected chi connectivity index (χ3v) is 4.24. The highest BCUT2D eigenvalue weighted by Crippen LogP contribution is 2.30. The largest absolute Gasteiger partial charge is 0.468 e. The second-order valence-corrected chi connectivity index (χ2v) is 7.54. The maximum atomic E-state index is 14.3. The van der Waals surface area contributed by atoms with Crippen LogP contribution < -0.4 is 5.32 Å². The Bertz CT molecular complexity index is 671. The van der Waals surface area contributed by atoms with Crippen molar-refractivity contribution in [1.82, 2.24) is 10.2 Å². The quantitative estimate of drug-likeness (QED) is 0.808. The maximum absolute atomic E-state index is 14.3. The average molecular weight is 384 g/mol. The molecule has 1 N–H and O–H groups in total. The Kier molecular flexibility index (Phi) is 6.75. The Morgan fingerprint density at radius 1 is 1.26 bits per heavy atom. The van der Waals surface area contributed by atoms with E-state index in [0.29, 0.717) is 19.4 Å². The van der Waals surface area contributed by atoms with Crippen LogP contribution in [0.25, 0.3) is 0 Å². The van der Waals surface area contributed by atoms with Crippen LogP contribution in [0.3, 0.4) is 0 Å². The fourth-order valence-electron chi connectivity index (χ4n) is 3.17. The summed E-state index contributed by atoms with van der Waals surface area (Å²) in [6, 6.07) is 1.92. The zero-order valence-electron chi connectivity index (χ0n) is 16.1. The third kappa shape index (κ3) is 5.63. The van der Waals surface area contributed by atoms with Crippen LogP contribution >= 0.6 is 0 Å². The first-order valence-electron chi connectivity index (χ1n) is 8.87. The van der Waals surface area contributed by atoms with Gasteiger partial charge in [-0.3, -0.25) is 4.90 Å². The molecule has 0 unspecified atom stereocenters. The van der Waals surface area contributed by atoms with Crippen molar-refractivity contribution in [3.8, 4) is 0 Å². The molecule has 150 valence electrons. The molecule has 0 saturated carbocycles. The van der Waals surface area contributed by atoms with Crippen LogP contribution in [0.1, 0.15) is 45.2 Å². The second-order valence-electron chi connectivity index (χ2n) is 7.54. The Balaban J connectivity index is 2.19. The number of nitrogens with one attached hydrogen (secondary N) is 1. The van der Waals surface area contributed by atoms with Crippen LogP contribution in [0.2, 0.25) is 0 Å². The number of piperidine rings is 1. The summed E-state index contributed by atoms with van der Waals surface area (Å²) in [6.45, 7) is 5.96. The van der Waals surface area contributed by atoms with Crippen LogP contribution in [-0.2, 0) is 14.3 Å². The number of likely N-dealkylation sites (tertiary alicyclic amines) is 1. The van der Waals surface area contributed by atoms with Crippen molar-refractivity contribution in [3.63, 3.8) is 0 Å². The third-order valence-electron chi connectivity index (χ3n) is 4.24. The summed E-state index contributed by atoms with van der Waals surface area (Å²) in [5.74, 6) is -2.38. The molecule has 1 amide bonds. The number of hydrogen-bond acceptors (Lipinski definition) is 5. The minimum atomic E-state index is -1.22. The molecule has 8 heteroatoms. The summed E-state index contributed by atoms with van der Waals surface area (Å²) in [7, 11) is 1.18. The van der Waals surface area contributed by atoms with Crippen molar-refractivity contribution < 1.29 is 27.8 Å². The van der Waals surface area contributed by atoms with Crippen molar-refractivity contribution in [2.24, 2.45) is 0 Å². The van der Waals surface area contributed by atoms with Gasteiger partial charge in [0, 0.05) is 12.6 Å². The molecule has 1 fully saturated rings. The number of methoxy groups -OCH3 is 1. The van der Waals surface area contributed by atoms with Gasteiger partial charge in [0.05, 0.1) is 12.7 Å². The molecular weight excluding hydrogens is 358 g/mol. The van der Waals surface area contributed by atoms with E-state index in [-0.39, 0.29) is 18.2 Å². The van der Waals surface area contributed by atoms with Crippen molar-refractivity contribution >= 4 is 12.1 Å². The van der Waals surface area contributed by atoms with E-state index < -0.39 is 35.3 Å². The molecule has 0 radical (unpaired) electrons. The predicted molar refractivity (Wildman–Crippen MR) is 95.1 cm³/mol. The molecule has 1 aliphatic heterocycles. The molecule has 1 heterocycles. The fraction of sp³-hybridized carbons (Fsp3) is 0.579. The van der Waals surface area contributed by atoms with E-state index >= 15 is 0 Å². The van der Waals surface area contributed by atoms with Gasteiger partial charge >= 0.3 is 12.1 Å². The monoisotopic (exact) mass is 384 g/mol. The minimum absolute atomic E-state index is 0.243. The molecule has 0 spiro atoms. The second kappa shape index (κ2) is 8.65. The van der Waals surface area contributed by atoms with E-state index in [0.717, 1.165) is 12.1 Å². The standard InChI is InChI=1S/C19H26F2N2O4/c1-19(2,3)27-18(25)22-12-7-6-10-23(11-12)16(17(24)26-4)15-13(20)8-5-9-14(15)21/h5,8-9,12,16H,6-7,10-11H2,1-4H3,(H,22,25)/t12-,16-/m1/s1. The van der Waals surface area contributed by atoms with Gasteiger partial charge in [-0.15, -0.1) is 0 Å². The molecule has 1 aliphatic rings. The lowest BCUT2D eigenvalue weighted by Gasteiger charge is -2.37. The van der Waals surface area contributed by atoms with Gasteiger partial charge in [-0.25, -0.2) is 18.4 Å². The van der Waals surface area contributed by atoms with E-state index in [1.54, 1.807) is 25.7 Å². The first-order chi connectivity index (χ1) is 12.6. The van der Waals surface area contributed by atoms with E-state index in [4.69, 9.17) is 9.47 Å². The van der Waals surface area contributed by atoms with Gasteiger partial charge in [-0.05, 0) is 52.3 Å². The first-order valence-corrected chi connectivity index (χ1v) is 8.87. The maximum Gasteiger partial charge on any atom is 0.407 e. The number of carbonyl (C=O) groups excluding carboxylic acids is 2. The predicted octanol–water partition coefficient (Wildman–Crippen LogP) is 3.17. The highest BCUT2D eigenvalue weighted by atomic mass is 19.1. The number of carbonyl (C=O) groups is 2. The first kappa shape index (κ1) is 21.1. The SMILES string of the molecule is COC(=O)[C@@H](c1c(F)cccc1F)N1CCC[C@@H](NC(=O)OC(C)(C)C)C1. The van der Waals surface area contributed by atoms with Gasteiger partial charge in [0.2, 0.25) is 0 Å². The van der Waals surface area contributed by atoms with E-state index in [9.17, 15) is 18.4 Å². The normalized spacial score (nSPS) is 19.3. The Morgan fingerprint density at radius 3 is 2.44 bits per heavy atom. The zero-order valence-corrected chi connectivity index (χ0v) is 16.1. The highest BCUT2D eigenvalue weighted by Gasteiger charge is 2.36. The van der Waals surface area contributed by atoms with Gasteiger partial charge in [-0.1, -0.05) is 6.07 Å². The van der Waals surface area contributed by atoms with E-state index in [1.807, 2.05) is 0 Å². The summed E-state index contributed by atoms with van der Waals surface area (Å²) < 4.78 is 38.6. The van der Waals surface area contributed by atoms with Gasteiger partial charge in [0.25, 0.3) is 0 Å². The number of ether oxygens (including phenoxy) is 2. The Hall–Kier alpha value is -2.22. The molecule has 1 aromatic carbocycles. The van der Waals surface area contributed by atoms with Crippen LogP contribution in [0.4, 0.5) is 13.6 Å². The number of amides is 1. The molecule has 0 bridgehead atoms. The number of hydrogen-bond donors (Lipinski definition) is 1. The average Bonchev–Trinajstić information content (AvgIpc) is 2.56. The van der Waals surface area contributed by atoms with E-state index in [2.05, 4.69) is 5.32 Å². The van der Waals surface area contributed by atoms with Crippen molar-refractivity contribution in [2.45, 2.75) is 51.3 Å². The molecule has 1 aromatic rings. The summed E-state index contributed by atoms with van der Waals surface area (Å²) >= 11 is 0. The smallest absolute Gasteiger partial charge is 0.407 e. The van der Waals surface area contributed by atoms with Gasteiger partial charge in [-0.2, -0.15) is 0 Å². The lowest BCUT2D eigenvalue weighted by atomic mass is 9.98. The van der Waals surface area contributed by atoms with Crippen molar-refractivity contribution in [3.05, 3.63) is 35.4 Å². The number of halogens is 2. The number of benzene rings is 1. The number of esters is 1. The van der Waals surface area contributed by atoms with Crippen LogP contribution in [0.5, 0.6) is 0 Å². The Labute approximate surface area is 157 Å². The number of rotatable bonds is 4. The van der Waals surface area contributed by atoms with Crippen LogP contribution in [0, 0.1) is 11.6 Å². The fourth-order valence-corrected chi connectivity index (χ4v) is 3.17. The van der Waals surface area contributed by atoms with Crippen LogP contribution in [0.15, 0.2) is 18.2 Å². The molecule has 27 heavy (non-hydrogen) atoms. The highest BCUT2D eigenvalue weighted by molar-refractivity contribution is 5.77. The molecule has 0 aromatic heterocycles. The Morgan fingerprint density at radius 2 is 1.89 bits per heavy atom. The lowest BCUT2D eigenvalue weighted by molar-refractivity contribution is -0.148. The zero-order chi connectivity index (χ0) is 20.2. The van der Waals surface area contributed by atoms with Gasteiger partial charge < -0.3 is 14.8 Å². The molecule has 2 atom stereocenters. The summed E-state index contributed by atoms with van der Waals surface area (Å²) in [5.41, 5.74) is -0.981. The van der Waals surface area contributed by atoms with Crippen LogP contribution in [-0.4, -0.2) is 48.8 Å². The van der Waals surface area contributed by atoms with Crippen molar-refractivity contribution in [2.75, 3.05) is 20.2 Å². The van der Waals surface area contributed by atoms with Crippen molar-refractivity contribution in [1.29, 1.82) is 0 Å². The molecular formula is C19H26F2N2O4.